The number of piperidine rings is 1. The van der Waals surface area contributed by atoms with Gasteiger partial charge in [-0.2, -0.15) is 0 Å². The molecule has 2 aliphatic rings. The Morgan fingerprint density at radius 3 is 2.91 bits per heavy atom. The summed E-state index contributed by atoms with van der Waals surface area (Å²) < 4.78 is 17.0. The lowest BCUT2D eigenvalue weighted by Crippen LogP contribution is -2.34. The number of thiazole rings is 1. The van der Waals surface area contributed by atoms with Crippen LogP contribution in [0.2, 0.25) is 0 Å². The largest absolute Gasteiger partial charge is 0.483 e. The lowest BCUT2D eigenvalue weighted by atomic mass is 9.98. The maximum atomic E-state index is 12.4. The first-order valence-electron chi connectivity index (χ1n) is 11.7. The van der Waals surface area contributed by atoms with Crippen LogP contribution < -0.4 is 19.5 Å². The molecule has 34 heavy (non-hydrogen) atoms. The highest BCUT2D eigenvalue weighted by molar-refractivity contribution is 7.09. The van der Waals surface area contributed by atoms with Crippen molar-refractivity contribution in [2.45, 2.75) is 32.9 Å². The number of rotatable bonds is 8. The summed E-state index contributed by atoms with van der Waals surface area (Å²) in [7, 11) is 0. The van der Waals surface area contributed by atoms with Crippen LogP contribution in [0, 0.1) is 5.92 Å². The van der Waals surface area contributed by atoms with Crippen molar-refractivity contribution in [1.82, 2.24) is 15.2 Å². The van der Waals surface area contributed by atoms with Crippen molar-refractivity contribution in [2.24, 2.45) is 5.92 Å². The summed E-state index contributed by atoms with van der Waals surface area (Å²) in [6, 6.07) is 12.2. The number of ether oxygens (including phenoxy) is 3. The second kappa shape index (κ2) is 10.4. The van der Waals surface area contributed by atoms with E-state index in [2.05, 4.69) is 28.2 Å². The molecule has 1 saturated heterocycles. The van der Waals surface area contributed by atoms with Crippen LogP contribution >= 0.6 is 11.3 Å². The average Bonchev–Trinajstić information content (AvgIpc) is 3.53. The van der Waals surface area contributed by atoms with Gasteiger partial charge in [0.25, 0.3) is 5.91 Å². The van der Waals surface area contributed by atoms with Gasteiger partial charge >= 0.3 is 0 Å². The zero-order chi connectivity index (χ0) is 23.3. The molecule has 0 bridgehead atoms. The number of benzene rings is 2. The maximum absolute atomic E-state index is 12.4. The van der Waals surface area contributed by atoms with Gasteiger partial charge in [-0.05, 0) is 60.7 Å². The maximum Gasteiger partial charge on any atom is 0.258 e. The van der Waals surface area contributed by atoms with Gasteiger partial charge in [-0.15, -0.1) is 11.3 Å². The molecular formula is C26H29N3O4S. The molecule has 1 N–H and O–H groups in total. The van der Waals surface area contributed by atoms with Crippen molar-refractivity contribution in [2.75, 3.05) is 26.5 Å². The molecule has 1 atom stereocenters. The van der Waals surface area contributed by atoms with Gasteiger partial charge in [0.05, 0.1) is 6.54 Å². The number of hydrogen-bond donors (Lipinski definition) is 1. The minimum atomic E-state index is -0.160. The molecule has 2 aromatic carbocycles. The number of carbonyl (C=O) groups excluding carboxylic acids is 1. The molecule has 5 rings (SSSR count). The molecule has 2 aliphatic heterocycles. The topological polar surface area (TPSA) is 72.9 Å². The Labute approximate surface area is 203 Å². The van der Waals surface area contributed by atoms with E-state index in [1.165, 1.54) is 24.2 Å². The number of nitrogens with one attached hydrogen (secondary N) is 1. The van der Waals surface area contributed by atoms with Gasteiger partial charge < -0.3 is 19.5 Å². The van der Waals surface area contributed by atoms with Crippen LogP contribution in [0.1, 0.15) is 30.3 Å². The van der Waals surface area contributed by atoms with Crippen LogP contribution in [0.15, 0.2) is 48.0 Å². The summed E-state index contributed by atoms with van der Waals surface area (Å²) in [5.74, 6) is 2.81. The summed E-state index contributed by atoms with van der Waals surface area (Å²) in [6.45, 7) is 5.89. The minimum Gasteiger partial charge on any atom is -0.483 e. The zero-order valence-corrected chi connectivity index (χ0v) is 20.1. The summed E-state index contributed by atoms with van der Waals surface area (Å²) in [6.07, 6.45) is 4.22. The third kappa shape index (κ3) is 5.51. The SMILES string of the molecule is CC1CCCN(Cc2cc(-c3ccc4c(c3)OCO4)ccc2OCC(=O)NCc2nccs2)C1. The monoisotopic (exact) mass is 479 g/mol. The molecule has 7 nitrogen and oxygen atoms in total. The van der Waals surface area contributed by atoms with Crippen LogP contribution in [-0.2, 0) is 17.9 Å². The fraction of sp³-hybridized carbons (Fsp3) is 0.385. The van der Waals surface area contributed by atoms with Crippen molar-refractivity contribution in [1.29, 1.82) is 0 Å². The lowest BCUT2D eigenvalue weighted by Gasteiger charge is -2.31. The third-order valence-electron chi connectivity index (χ3n) is 6.18. The molecule has 3 heterocycles. The van der Waals surface area contributed by atoms with E-state index in [4.69, 9.17) is 14.2 Å². The molecule has 3 aromatic rings. The van der Waals surface area contributed by atoms with Crippen LogP contribution in [0.3, 0.4) is 0 Å². The van der Waals surface area contributed by atoms with E-state index in [1.54, 1.807) is 6.20 Å². The fourth-order valence-electron chi connectivity index (χ4n) is 4.48. The van der Waals surface area contributed by atoms with Gasteiger partial charge in [0.15, 0.2) is 18.1 Å². The van der Waals surface area contributed by atoms with Gasteiger partial charge in [-0.3, -0.25) is 9.69 Å². The number of fused-ring (bicyclic) bond motifs is 1. The molecule has 8 heteroatoms. The number of carbonyl (C=O) groups is 1. The smallest absolute Gasteiger partial charge is 0.258 e. The van der Waals surface area contributed by atoms with E-state index in [-0.39, 0.29) is 19.3 Å². The average molecular weight is 480 g/mol. The van der Waals surface area contributed by atoms with Gasteiger partial charge in [0, 0.05) is 30.2 Å². The van der Waals surface area contributed by atoms with E-state index in [0.717, 1.165) is 58.6 Å². The summed E-state index contributed by atoms with van der Waals surface area (Å²) >= 11 is 1.52. The molecule has 0 saturated carbocycles. The quantitative estimate of drug-likeness (QED) is 0.514. The molecule has 178 valence electrons. The molecular weight excluding hydrogens is 450 g/mol. The predicted molar refractivity (Wildman–Crippen MR) is 131 cm³/mol. The Hall–Kier alpha value is -3.10. The van der Waals surface area contributed by atoms with Crippen LogP contribution in [0.25, 0.3) is 11.1 Å². The Morgan fingerprint density at radius 1 is 1.21 bits per heavy atom. The molecule has 0 radical (unpaired) electrons. The number of aromatic nitrogens is 1. The van der Waals surface area contributed by atoms with E-state index >= 15 is 0 Å². The van der Waals surface area contributed by atoms with E-state index in [0.29, 0.717) is 12.5 Å². The van der Waals surface area contributed by atoms with Gasteiger partial charge in [0.1, 0.15) is 10.8 Å². The lowest BCUT2D eigenvalue weighted by molar-refractivity contribution is -0.123. The molecule has 1 fully saturated rings. The van der Waals surface area contributed by atoms with Crippen molar-refractivity contribution >= 4 is 17.2 Å². The highest BCUT2D eigenvalue weighted by Crippen LogP contribution is 2.37. The molecule has 0 spiro atoms. The first-order valence-corrected chi connectivity index (χ1v) is 12.5. The first-order chi connectivity index (χ1) is 16.6. The third-order valence-corrected chi connectivity index (χ3v) is 6.96. The van der Waals surface area contributed by atoms with Crippen LogP contribution in [-0.4, -0.2) is 42.3 Å². The van der Waals surface area contributed by atoms with Crippen molar-refractivity contribution in [3.05, 3.63) is 58.5 Å². The molecule has 1 aromatic heterocycles. The van der Waals surface area contributed by atoms with Gasteiger partial charge in [0.2, 0.25) is 6.79 Å². The van der Waals surface area contributed by atoms with Gasteiger partial charge in [-0.1, -0.05) is 19.1 Å². The van der Waals surface area contributed by atoms with Crippen LogP contribution in [0.4, 0.5) is 0 Å². The van der Waals surface area contributed by atoms with E-state index in [9.17, 15) is 4.79 Å². The van der Waals surface area contributed by atoms with Crippen molar-refractivity contribution in [3.63, 3.8) is 0 Å². The Kier molecular flexibility index (Phi) is 6.97. The second-order valence-electron chi connectivity index (χ2n) is 8.86. The molecule has 0 aliphatic carbocycles. The number of hydrogen-bond acceptors (Lipinski definition) is 7. The highest BCUT2D eigenvalue weighted by atomic mass is 32.1. The zero-order valence-electron chi connectivity index (χ0n) is 19.3. The number of nitrogens with zero attached hydrogens (tertiary/aromatic N) is 2. The van der Waals surface area contributed by atoms with E-state index < -0.39 is 0 Å². The van der Waals surface area contributed by atoms with Crippen molar-refractivity contribution < 1.29 is 19.0 Å². The number of likely N-dealkylation sites (tertiary alicyclic amines) is 1. The molecule has 1 unspecified atom stereocenters. The standard InChI is InChI=1S/C26H29N3O4S/c1-18-3-2-9-29(14-18)15-21-11-19(20-5-7-23-24(12-20)33-17-32-23)4-6-22(21)31-16-25(30)28-13-26-27-8-10-34-26/h4-8,10-12,18H,2-3,9,13-17H2,1H3,(H,28,30). The predicted octanol–water partition coefficient (Wildman–Crippen LogP) is 4.47. The Balaban J connectivity index is 1.32. The van der Waals surface area contributed by atoms with Crippen molar-refractivity contribution in [3.8, 4) is 28.4 Å². The van der Waals surface area contributed by atoms with Gasteiger partial charge in [-0.25, -0.2) is 4.98 Å². The Morgan fingerprint density at radius 2 is 2.06 bits per heavy atom. The number of amides is 1. The normalized spacial score (nSPS) is 17.5. The van der Waals surface area contributed by atoms with Crippen LogP contribution in [0.5, 0.6) is 17.2 Å². The summed E-state index contributed by atoms with van der Waals surface area (Å²) in [4.78, 5) is 19.0. The summed E-state index contributed by atoms with van der Waals surface area (Å²) in [5, 5.41) is 5.64. The molecule has 1 amide bonds. The van der Waals surface area contributed by atoms with E-state index in [1.807, 2.05) is 35.7 Å². The minimum absolute atomic E-state index is 0.0296. The second-order valence-corrected chi connectivity index (χ2v) is 9.84. The highest BCUT2D eigenvalue weighted by Gasteiger charge is 2.20. The summed E-state index contributed by atoms with van der Waals surface area (Å²) in [5.41, 5.74) is 3.22. The first kappa shape index (κ1) is 22.7. The fourth-order valence-corrected chi connectivity index (χ4v) is 5.04. The Bertz CT molecular complexity index is 1140.